The minimum Gasteiger partial charge on any atom is -0.481 e. The maximum Gasteiger partial charge on any atom is 0.326 e. The van der Waals surface area contributed by atoms with Crippen LogP contribution in [-0.2, 0) is 33.6 Å². The highest BCUT2D eigenvalue weighted by molar-refractivity contribution is 5.95. The summed E-state index contributed by atoms with van der Waals surface area (Å²) in [4.78, 5) is 83.9. The minimum atomic E-state index is -1.41. The van der Waals surface area contributed by atoms with Crippen LogP contribution in [0.15, 0.2) is 0 Å². The third-order valence-electron chi connectivity index (χ3n) is 5.60. The monoisotopic (exact) mass is 559 g/mol. The molecular weight excluding hydrogens is 518 g/mol. The summed E-state index contributed by atoms with van der Waals surface area (Å²) >= 11 is 0. The van der Waals surface area contributed by atoms with Gasteiger partial charge in [0.2, 0.25) is 29.5 Å². The number of amides is 5. The van der Waals surface area contributed by atoms with Gasteiger partial charge in [0.15, 0.2) is 0 Å². The van der Waals surface area contributed by atoms with E-state index in [1.807, 2.05) is 0 Å². The van der Waals surface area contributed by atoms with Crippen LogP contribution in [-0.4, -0.2) is 88.4 Å². The first-order valence-corrected chi connectivity index (χ1v) is 12.5. The zero-order valence-electron chi connectivity index (χ0n) is 22.4. The lowest BCUT2D eigenvalue weighted by Gasteiger charge is -2.27. The van der Waals surface area contributed by atoms with Crippen molar-refractivity contribution < 1.29 is 43.8 Å². The summed E-state index contributed by atoms with van der Waals surface area (Å²) < 4.78 is 0. The number of primary amides is 1. The molecule has 0 saturated heterocycles. The number of carbonyl (C=O) groups excluding carboxylic acids is 5. The average molecular weight is 560 g/mol. The average Bonchev–Trinajstić information content (AvgIpc) is 2.82. The van der Waals surface area contributed by atoms with Crippen molar-refractivity contribution in [3.8, 4) is 0 Å². The summed E-state index contributed by atoms with van der Waals surface area (Å²) in [6.45, 7) is 4.88. The largest absolute Gasteiger partial charge is 0.481 e. The molecule has 39 heavy (non-hydrogen) atoms. The summed E-state index contributed by atoms with van der Waals surface area (Å²) in [5.41, 5.74) is 16.1. The molecule has 0 fully saturated rings. The van der Waals surface area contributed by atoms with E-state index in [2.05, 4.69) is 21.3 Å². The highest BCUT2D eigenvalue weighted by Gasteiger charge is 2.32. The van der Waals surface area contributed by atoms with Gasteiger partial charge in [0.25, 0.3) is 0 Å². The Morgan fingerprint density at radius 1 is 0.744 bits per heavy atom. The summed E-state index contributed by atoms with van der Waals surface area (Å²) in [7, 11) is 0. The van der Waals surface area contributed by atoms with E-state index in [4.69, 9.17) is 22.3 Å². The van der Waals surface area contributed by atoms with Crippen molar-refractivity contribution in [3.63, 3.8) is 0 Å². The van der Waals surface area contributed by atoms with E-state index in [1.54, 1.807) is 13.8 Å². The maximum atomic E-state index is 13.0. The lowest BCUT2D eigenvalue weighted by Crippen LogP contribution is -2.59. The van der Waals surface area contributed by atoms with Gasteiger partial charge in [-0.3, -0.25) is 28.8 Å². The lowest BCUT2D eigenvalue weighted by molar-refractivity contribution is -0.142. The summed E-state index contributed by atoms with van der Waals surface area (Å²) in [5, 5.41) is 27.7. The quantitative estimate of drug-likeness (QED) is 0.0713. The third kappa shape index (κ3) is 14.1. The Morgan fingerprint density at radius 2 is 1.33 bits per heavy atom. The Balaban J connectivity index is 5.47. The molecule has 16 heteroatoms. The standard InChI is InChI=1S/C23H41N7O9/c1-11(2)18(30-20(35)13(25)10-17(32)33)22(37)28-14(6-4-5-9-24)21(36)27-12(3)19(34)29-15(23(38)39)7-8-16(26)31/h11-15,18H,4-10,24-25H2,1-3H3,(H2,26,31)(H,27,36)(H,28,37)(H,29,34)(H,30,35)(H,32,33)(H,38,39)/t12-,13-,14-,15-,18-/m0/s1. The number of nitrogens with two attached hydrogens (primary N) is 3. The second-order valence-electron chi connectivity index (χ2n) is 9.41. The Bertz CT molecular complexity index is 897. The Kier molecular flexibility index (Phi) is 16.0. The van der Waals surface area contributed by atoms with E-state index in [-0.39, 0.29) is 19.3 Å². The molecule has 0 spiro atoms. The van der Waals surface area contributed by atoms with Gasteiger partial charge in [-0.1, -0.05) is 13.8 Å². The van der Waals surface area contributed by atoms with E-state index >= 15 is 0 Å². The number of hydrogen-bond donors (Lipinski definition) is 9. The molecule has 0 heterocycles. The fourth-order valence-corrected chi connectivity index (χ4v) is 3.32. The van der Waals surface area contributed by atoms with Gasteiger partial charge >= 0.3 is 11.9 Å². The SMILES string of the molecule is CC(C)[C@H](NC(=O)[C@@H](N)CC(=O)O)C(=O)N[C@@H](CCCCN)C(=O)N[C@@H](C)C(=O)N[C@@H](CCC(N)=O)C(=O)O. The molecular formula is C23H41N7O9. The van der Waals surface area contributed by atoms with Crippen molar-refractivity contribution in [2.75, 3.05) is 6.54 Å². The smallest absolute Gasteiger partial charge is 0.326 e. The van der Waals surface area contributed by atoms with E-state index in [0.29, 0.717) is 19.4 Å². The van der Waals surface area contributed by atoms with Crippen molar-refractivity contribution >= 4 is 41.5 Å². The van der Waals surface area contributed by atoms with Crippen LogP contribution < -0.4 is 38.5 Å². The Labute approximate surface area is 226 Å². The van der Waals surface area contributed by atoms with Crippen LogP contribution in [0.4, 0.5) is 0 Å². The topological polar surface area (TPSA) is 286 Å². The molecule has 0 saturated carbocycles. The molecule has 0 aromatic carbocycles. The summed E-state index contributed by atoms with van der Waals surface area (Å²) in [6.07, 6.45) is -0.0598. The van der Waals surface area contributed by atoms with Crippen LogP contribution in [0.1, 0.15) is 59.3 Å². The molecule has 0 aromatic heterocycles. The molecule has 0 aliphatic rings. The van der Waals surface area contributed by atoms with E-state index in [0.717, 1.165) is 0 Å². The van der Waals surface area contributed by atoms with Gasteiger partial charge < -0.3 is 48.7 Å². The van der Waals surface area contributed by atoms with Crippen LogP contribution in [0.25, 0.3) is 0 Å². The molecule has 222 valence electrons. The normalized spacial score (nSPS) is 14.7. The molecule has 0 unspecified atom stereocenters. The van der Waals surface area contributed by atoms with E-state index < -0.39 is 84.0 Å². The van der Waals surface area contributed by atoms with Gasteiger partial charge in [-0.2, -0.15) is 0 Å². The second kappa shape index (κ2) is 17.7. The van der Waals surface area contributed by atoms with Crippen molar-refractivity contribution in [2.45, 2.75) is 89.5 Å². The molecule has 0 aromatic rings. The lowest BCUT2D eigenvalue weighted by atomic mass is 10.0. The molecule has 12 N–H and O–H groups in total. The molecule has 5 atom stereocenters. The molecule has 0 bridgehead atoms. The highest BCUT2D eigenvalue weighted by Crippen LogP contribution is 2.07. The van der Waals surface area contributed by atoms with Crippen LogP contribution in [0.5, 0.6) is 0 Å². The number of hydrogen-bond acceptors (Lipinski definition) is 9. The fraction of sp³-hybridized carbons (Fsp3) is 0.696. The maximum absolute atomic E-state index is 13.0. The van der Waals surface area contributed by atoms with E-state index in [1.165, 1.54) is 6.92 Å². The number of unbranched alkanes of at least 4 members (excludes halogenated alkanes) is 1. The van der Waals surface area contributed by atoms with Crippen LogP contribution >= 0.6 is 0 Å². The van der Waals surface area contributed by atoms with Crippen LogP contribution in [0.2, 0.25) is 0 Å². The van der Waals surface area contributed by atoms with Crippen LogP contribution in [0, 0.1) is 5.92 Å². The second-order valence-corrected chi connectivity index (χ2v) is 9.41. The number of rotatable bonds is 19. The minimum absolute atomic E-state index is 0.136. The molecule has 0 radical (unpaired) electrons. The number of carboxylic acids is 2. The van der Waals surface area contributed by atoms with Gasteiger partial charge in [0.05, 0.1) is 12.5 Å². The highest BCUT2D eigenvalue weighted by atomic mass is 16.4. The fourth-order valence-electron chi connectivity index (χ4n) is 3.32. The summed E-state index contributed by atoms with van der Waals surface area (Å²) in [5.74, 6) is -7.06. The van der Waals surface area contributed by atoms with Gasteiger partial charge in [-0.25, -0.2) is 4.79 Å². The van der Waals surface area contributed by atoms with Crippen molar-refractivity contribution in [3.05, 3.63) is 0 Å². The number of carboxylic acid groups (broad SMARTS) is 2. The molecule has 16 nitrogen and oxygen atoms in total. The number of aliphatic carboxylic acids is 2. The first-order valence-electron chi connectivity index (χ1n) is 12.5. The Morgan fingerprint density at radius 3 is 1.82 bits per heavy atom. The molecule has 0 rings (SSSR count). The zero-order chi connectivity index (χ0) is 30.3. The Hall–Kier alpha value is -3.79. The van der Waals surface area contributed by atoms with Crippen molar-refractivity contribution in [1.29, 1.82) is 0 Å². The zero-order valence-corrected chi connectivity index (χ0v) is 22.4. The van der Waals surface area contributed by atoms with Gasteiger partial charge in [0, 0.05) is 6.42 Å². The predicted octanol–water partition coefficient (Wildman–Crippen LogP) is -3.12. The third-order valence-corrected chi connectivity index (χ3v) is 5.60. The van der Waals surface area contributed by atoms with Crippen molar-refractivity contribution in [1.82, 2.24) is 21.3 Å². The first kappa shape index (κ1) is 35.2. The number of nitrogens with one attached hydrogen (secondary N) is 4. The van der Waals surface area contributed by atoms with E-state index in [9.17, 15) is 38.7 Å². The van der Waals surface area contributed by atoms with Gasteiger partial charge in [-0.05, 0) is 45.1 Å². The predicted molar refractivity (Wildman–Crippen MR) is 137 cm³/mol. The first-order chi connectivity index (χ1) is 18.1. The summed E-state index contributed by atoms with van der Waals surface area (Å²) in [6, 6.07) is -6.30. The molecule has 0 aliphatic carbocycles. The van der Waals surface area contributed by atoms with Crippen LogP contribution in [0.3, 0.4) is 0 Å². The molecule has 5 amide bonds. The van der Waals surface area contributed by atoms with Gasteiger partial charge in [0.1, 0.15) is 24.2 Å². The van der Waals surface area contributed by atoms with Crippen molar-refractivity contribution in [2.24, 2.45) is 23.1 Å². The van der Waals surface area contributed by atoms with Gasteiger partial charge in [-0.15, -0.1) is 0 Å². The number of carbonyl (C=O) groups is 7. The molecule has 0 aliphatic heterocycles.